The Morgan fingerprint density at radius 1 is 1.39 bits per heavy atom. The van der Waals surface area contributed by atoms with E-state index in [1.165, 1.54) is 37.1 Å². The topological polar surface area (TPSA) is 111 Å². The molecule has 0 saturated heterocycles. The number of methoxy groups -OCH3 is 1. The summed E-state index contributed by atoms with van der Waals surface area (Å²) in [5, 5.41) is 15.8. The van der Waals surface area contributed by atoms with Crippen LogP contribution in [0.15, 0.2) is 18.2 Å². The third-order valence-corrected chi connectivity index (χ3v) is 3.92. The number of hydrogen-bond donors (Lipinski definition) is 2. The second-order valence-corrected chi connectivity index (χ2v) is 5.87. The number of thioether (sulfide) groups is 1. The maximum atomic E-state index is 11.7. The molecule has 10 heteroatoms. The average Bonchev–Trinajstić information content (AvgIpc) is 2.52. The molecule has 0 aromatic heterocycles. The monoisotopic (exact) mass is 361 g/mol. The summed E-state index contributed by atoms with van der Waals surface area (Å²) >= 11 is 7.38. The zero-order valence-corrected chi connectivity index (χ0v) is 13.9. The van der Waals surface area contributed by atoms with Crippen LogP contribution in [-0.2, 0) is 9.53 Å². The minimum absolute atomic E-state index is 0.0850. The highest BCUT2D eigenvalue weighted by molar-refractivity contribution is 7.99. The highest BCUT2D eigenvalue weighted by Gasteiger charge is 2.11. The number of nitro groups is 1. The van der Waals surface area contributed by atoms with E-state index < -0.39 is 11.0 Å². The smallest absolute Gasteiger partial charge is 0.319 e. The summed E-state index contributed by atoms with van der Waals surface area (Å²) in [6, 6.07) is 3.32. The third-order valence-electron chi connectivity index (χ3n) is 2.62. The number of ether oxygens (including phenoxy) is 1. The number of amides is 2. The van der Waals surface area contributed by atoms with E-state index in [4.69, 9.17) is 11.6 Å². The number of carbonyl (C=O) groups excluding carboxylic acids is 2. The summed E-state index contributed by atoms with van der Waals surface area (Å²) < 4.78 is 4.51. The van der Waals surface area contributed by atoms with Crippen LogP contribution >= 0.6 is 23.4 Å². The Balaban J connectivity index is 2.29. The molecule has 0 atom stereocenters. The molecule has 1 rings (SSSR count). The molecule has 1 aromatic carbocycles. The van der Waals surface area contributed by atoms with Gasteiger partial charge in [0.05, 0.1) is 29.2 Å². The summed E-state index contributed by atoms with van der Waals surface area (Å²) in [7, 11) is 1.34. The van der Waals surface area contributed by atoms with Crippen LogP contribution < -0.4 is 10.6 Å². The maximum absolute atomic E-state index is 11.7. The number of urea groups is 1. The summed E-state index contributed by atoms with van der Waals surface area (Å²) in [5.74, 6) is 0.985. The van der Waals surface area contributed by atoms with Crippen molar-refractivity contribution in [1.82, 2.24) is 5.32 Å². The molecule has 0 aliphatic carbocycles. The Kier molecular flexibility index (Phi) is 8.20. The molecular weight excluding hydrogens is 346 g/mol. The van der Waals surface area contributed by atoms with Gasteiger partial charge in [0, 0.05) is 30.2 Å². The lowest BCUT2D eigenvalue weighted by Crippen LogP contribution is -2.30. The molecule has 2 N–H and O–H groups in total. The fourth-order valence-corrected chi connectivity index (χ4v) is 2.47. The van der Waals surface area contributed by atoms with Crippen molar-refractivity contribution in [3.63, 3.8) is 0 Å². The van der Waals surface area contributed by atoms with Gasteiger partial charge in [-0.05, 0) is 6.07 Å². The van der Waals surface area contributed by atoms with Gasteiger partial charge in [0.1, 0.15) is 0 Å². The van der Waals surface area contributed by atoms with E-state index in [0.717, 1.165) is 0 Å². The lowest BCUT2D eigenvalue weighted by molar-refractivity contribution is -0.384. The quantitative estimate of drug-likeness (QED) is 0.319. The molecule has 0 aliphatic rings. The van der Waals surface area contributed by atoms with Gasteiger partial charge in [-0.15, -0.1) is 0 Å². The fraction of sp³-hybridized carbons (Fsp3) is 0.385. The Labute approximate surface area is 142 Å². The predicted molar refractivity (Wildman–Crippen MR) is 89.1 cm³/mol. The number of carbonyl (C=O) groups is 2. The lowest BCUT2D eigenvalue weighted by atomic mass is 10.3. The van der Waals surface area contributed by atoms with E-state index in [2.05, 4.69) is 15.4 Å². The first-order valence-corrected chi connectivity index (χ1v) is 8.10. The van der Waals surface area contributed by atoms with Crippen molar-refractivity contribution < 1.29 is 19.2 Å². The number of hydrogen-bond acceptors (Lipinski definition) is 6. The number of nitrogens with one attached hydrogen (secondary N) is 2. The first-order chi connectivity index (χ1) is 10.9. The van der Waals surface area contributed by atoms with Gasteiger partial charge in [0.25, 0.3) is 5.69 Å². The second-order valence-electron chi connectivity index (χ2n) is 4.24. The Morgan fingerprint density at radius 3 is 2.74 bits per heavy atom. The van der Waals surface area contributed by atoms with Crippen molar-refractivity contribution in [1.29, 1.82) is 0 Å². The molecule has 1 aromatic rings. The van der Waals surface area contributed by atoms with Gasteiger partial charge in [-0.2, -0.15) is 11.8 Å². The Morgan fingerprint density at radius 2 is 2.13 bits per heavy atom. The molecule has 0 radical (unpaired) electrons. The molecule has 8 nitrogen and oxygen atoms in total. The van der Waals surface area contributed by atoms with E-state index in [1.54, 1.807) is 0 Å². The molecule has 0 saturated carbocycles. The van der Waals surface area contributed by atoms with Gasteiger partial charge in [-0.25, -0.2) is 4.79 Å². The minimum atomic E-state index is -0.568. The number of nitrogens with zero attached hydrogens (tertiary/aromatic N) is 1. The molecule has 0 fully saturated rings. The number of nitro benzene ring substituents is 1. The van der Waals surface area contributed by atoms with Crippen LogP contribution in [0.3, 0.4) is 0 Å². The molecule has 0 heterocycles. The molecular formula is C13H16ClN3O5S. The van der Waals surface area contributed by atoms with E-state index in [1.807, 2.05) is 0 Å². The van der Waals surface area contributed by atoms with Gasteiger partial charge in [-0.3, -0.25) is 14.9 Å². The molecule has 0 spiro atoms. The number of halogens is 1. The molecule has 0 aliphatic heterocycles. The van der Waals surface area contributed by atoms with Crippen molar-refractivity contribution in [3.05, 3.63) is 33.3 Å². The van der Waals surface area contributed by atoms with Crippen molar-refractivity contribution in [3.8, 4) is 0 Å². The van der Waals surface area contributed by atoms with E-state index in [0.29, 0.717) is 24.5 Å². The summed E-state index contributed by atoms with van der Waals surface area (Å²) in [4.78, 5) is 32.6. The standard InChI is InChI=1S/C13H16ClN3O5S/c1-22-12(18)4-6-23-7-5-15-13(19)16-11-3-2-9(17(20)21)8-10(11)14/h2-3,8H,4-7H2,1H3,(H2,15,16,19). The van der Waals surface area contributed by atoms with Crippen molar-refractivity contribution in [2.45, 2.75) is 6.42 Å². The predicted octanol–water partition coefficient (Wildman–Crippen LogP) is 2.67. The molecule has 2 amide bonds. The van der Waals surface area contributed by atoms with Gasteiger partial charge in [0.2, 0.25) is 0 Å². The largest absolute Gasteiger partial charge is 0.469 e. The van der Waals surface area contributed by atoms with Crippen LogP contribution in [0.5, 0.6) is 0 Å². The van der Waals surface area contributed by atoms with E-state index in [-0.39, 0.29) is 22.4 Å². The van der Waals surface area contributed by atoms with Crippen molar-refractivity contribution >= 4 is 46.7 Å². The van der Waals surface area contributed by atoms with E-state index in [9.17, 15) is 19.7 Å². The minimum Gasteiger partial charge on any atom is -0.469 e. The summed E-state index contributed by atoms with van der Waals surface area (Å²) in [5.41, 5.74) is 0.135. The maximum Gasteiger partial charge on any atom is 0.319 e. The second kappa shape index (κ2) is 9.90. The van der Waals surface area contributed by atoms with Crippen LogP contribution in [0, 0.1) is 10.1 Å². The first kappa shape index (κ1) is 19.0. The third kappa shape index (κ3) is 7.20. The average molecular weight is 362 g/mol. The first-order valence-electron chi connectivity index (χ1n) is 6.57. The lowest BCUT2D eigenvalue weighted by Gasteiger charge is -2.08. The zero-order valence-electron chi connectivity index (χ0n) is 12.3. The Hall–Kier alpha value is -2.00. The summed E-state index contributed by atoms with van der Waals surface area (Å²) in [6.45, 7) is 0.405. The number of esters is 1. The highest BCUT2D eigenvalue weighted by Crippen LogP contribution is 2.26. The molecule has 0 unspecified atom stereocenters. The van der Waals surface area contributed by atoms with Crippen LogP contribution in [0.2, 0.25) is 5.02 Å². The van der Waals surface area contributed by atoms with E-state index >= 15 is 0 Å². The van der Waals surface area contributed by atoms with Gasteiger partial charge in [0.15, 0.2) is 0 Å². The number of rotatable bonds is 8. The van der Waals surface area contributed by atoms with Crippen molar-refractivity contribution in [2.75, 3.05) is 30.5 Å². The SMILES string of the molecule is COC(=O)CCSCCNC(=O)Nc1ccc([N+](=O)[O-])cc1Cl. The van der Waals surface area contributed by atoms with Gasteiger partial charge >= 0.3 is 12.0 Å². The number of anilines is 1. The normalized spacial score (nSPS) is 10.0. The van der Waals surface area contributed by atoms with Gasteiger partial charge in [-0.1, -0.05) is 11.6 Å². The van der Waals surface area contributed by atoms with Crippen LogP contribution in [0.4, 0.5) is 16.2 Å². The highest BCUT2D eigenvalue weighted by atomic mass is 35.5. The summed E-state index contributed by atoms with van der Waals surface area (Å²) in [6.07, 6.45) is 0.325. The molecule has 23 heavy (non-hydrogen) atoms. The Bertz CT molecular complexity index is 585. The fourth-order valence-electron chi connectivity index (χ4n) is 1.48. The van der Waals surface area contributed by atoms with Crippen LogP contribution in [-0.4, -0.2) is 42.1 Å². The number of non-ortho nitro benzene ring substituents is 1. The zero-order chi connectivity index (χ0) is 17.2. The van der Waals surface area contributed by atoms with Crippen LogP contribution in [0.25, 0.3) is 0 Å². The molecule has 0 bridgehead atoms. The van der Waals surface area contributed by atoms with Gasteiger partial charge < -0.3 is 15.4 Å². The molecule has 126 valence electrons. The number of benzene rings is 1. The van der Waals surface area contributed by atoms with Crippen molar-refractivity contribution in [2.24, 2.45) is 0 Å². The van der Waals surface area contributed by atoms with Crippen LogP contribution in [0.1, 0.15) is 6.42 Å².